The van der Waals surface area contributed by atoms with Crippen molar-refractivity contribution in [3.05, 3.63) is 57.2 Å². The number of nitrogens with zero attached hydrogens (tertiary/aromatic N) is 2. The lowest BCUT2D eigenvalue weighted by molar-refractivity contribution is 0.285. The van der Waals surface area contributed by atoms with Gasteiger partial charge in [-0.2, -0.15) is 4.68 Å². The number of hydrogen-bond acceptors (Lipinski definition) is 5. The van der Waals surface area contributed by atoms with Crippen molar-refractivity contribution in [1.82, 2.24) is 9.78 Å². The minimum Gasteiger partial charge on any atom is -0.490 e. The van der Waals surface area contributed by atoms with E-state index in [4.69, 9.17) is 36.8 Å². The van der Waals surface area contributed by atoms with Crippen molar-refractivity contribution in [1.29, 1.82) is 0 Å². The maximum absolute atomic E-state index is 11.7. The van der Waals surface area contributed by atoms with Gasteiger partial charge >= 0.3 is 5.76 Å². The summed E-state index contributed by atoms with van der Waals surface area (Å²) in [5.41, 5.74) is 0. The van der Waals surface area contributed by atoms with Crippen LogP contribution in [0.15, 0.2) is 50.2 Å². The fraction of sp³-hybridized carbons (Fsp3) is 0.143. The highest BCUT2D eigenvalue weighted by Crippen LogP contribution is 2.27. The fourth-order valence-electron chi connectivity index (χ4n) is 1.78. The molecule has 8 heteroatoms. The second kappa shape index (κ2) is 6.29. The van der Waals surface area contributed by atoms with E-state index in [1.165, 1.54) is 6.26 Å². The third-order valence-corrected chi connectivity index (χ3v) is 3.32. The first-order chi connectivity index (χ1) is 10.6. The minimum absolute atomic E-state index is 0.125. The van der Waals surface area contributed by atoms with Crippen molar-refractivity contribution < 1.29 is 13.6 Å². The van der Waals surface area contributed by atoms with E-state index in [1.807, 2.05) is 0 Å². The average molecular weight is 341 g/mol. The molecule has 114 valence electrons. The molecule has 0 amide bonds. The van der Waals surface area contributed by atoms with E-state index in [-0.39, 0.29) is 19.0 Å². The Hall–Kier alpha value is -2.18. The van der Waals surface area contributed by atoms with Crippen LogP contribution in [0, 0.1) is 0 Å². The van der Waals surface area contributed by atoms with Crippen molar-refractivity contribution >= 4 is 23.2 Å². The molecule has 0 saturated carbocycles. The third kappa shape index (κ3) is 3.18. The molecule has 2 heterocycles. The molecule has 3 aromatic rings. The van der Waals surface area contributed by atoms with Crippen LogP contribution >= 0.6 is 23.2 Å². The Labute approximate surface area is 134 Å². The molecular formula is C14H10Cl2N2O4. The largest absolute Gasteiger partial charge is 0.490 e. The van der Waals surface area contributed by atoms with Crippen molar-refractivity contribution in [3.63, 3.8) is 0 Å². The lowest BCUT2D eigenvalue weighted by Crippen LogP contribution is -2.20. The number of aromatic nitrogens is 2. The van der Waals surface area contributed by atoms with Crippen LogP contribution in [0.4, 0.5) is 0 Å². The van der Waals surface area contributed by atoms with Crippen LogP contribution in [-0.4, -0.2) is 16.4 Å². The highest BCUT2D eigenvalue weighted by Gasteiger charge is 2.12. The van der Waals surface area contributed by atoms with Gasteiger partial charge in [-0.1, -0.05) is 23.2 Å². The Balaban J connectivity index is 1.66. The molecule has 2 aromatic heterocycles. The van der Waals surface area contributed by atoms with Gasteiger partial charge in [-0.3, -0.25) is 0 Å². The Morgan fingerprint density at radius 3 is 2.86 bits per heavy atom. The molecule has 0 bridgehead atoms. The van der Waals surface area contributed by atoms with Crippen molar-refractivity contribution in [3.8, 4) is 17.4 Å². The van der Waals surface area contributed by atoms with Crippen LogP contribution in [0.5, 0.6) is 5.75 Å². The normalized spacial score (nSPS) is 10.8. The first-order valence-electron chi connectivity index (χ1n) is 6.33. The molecule has 0 unspecified atom stereocenters. The van der Waals surface area contributed by atoms with Crippen molar-refractivity contribution in [2.75, 3.05) is 6.61 Å². The highest BCUT2D eigenvalue weighted by molar-refractivity contribution is 6.35. The molecule has 0 saturated heterocycles. The zero-order chi connectivity index (χ0) is 15.5. The van der Waals surface area contributed by atoms with E-state index in [1.54, 1.807) is 30.3 Å². The number of benzene rings is 1. The van der Waals surface area contributed by atoms with E-state index in [9.17, 15) is 4.79 Å². The fourth-order valence-corrected chi connectivity index (χ4v) is 2.24. The zero-order valence-corrected chi connectivity index (χ0v) is 12.7. The molecule has 0 aliphatic carbocycles. The quantitative estimate of drug-likeness (QED) is 0.711. The molecule has 3 rings (SSSR count). The van der Waals surface area contributed by atoms with Gasteiger partial charge in [0.05, 0.1) is 17.8 Å². The van der Waals surface area contributed by atoms with Gasteiger partial charge in [-0.05, 0) is 30.3 Å². The van der Waals surface area contributed by atoms with Gasteiger partial charge in [0.25, 0.3) is 5.89 Å². The summed E-state index contributed by atoms with van der Waals surface area (Å²) in [4.78, 5) is 11.7. The topological polar surface area (TPSA) is 70.4 Å². The molecule has 0 atom stereocenters. The molecule has 6 nitrogen and oxygen atoms in total. The lowest BCUT2D eigenvalue weighted by Gasteiger charge is -2.07. The molecular weight excluding hydrogens is 331 g/mol. The molecule has 1 aromatic carbocycles. The molecule has 0 aliphatic heterocycles. The van der Waals surface area contributed by atoms with Crippen LogP contribution in [0.3, 0.4) is 0 Å². The van der Waals surface area contributed by atoms with Crippen LogP contribution < -0.4 is 10.5 Å². The van der Waals surface area contributed by atoms with Crippen LogP contribution in [0.1, 0.15) is 0 Å². The van der Waals surface area contributed by atoms with Crippen LogP contribution in [0.2, 0.25) is 10.0 Å². The second-order valence-corrected chi connectivity index (χ2v) is 5.14. The Bertz CT molecular complexity index is 824. The van der Waals surface area contributed by atoms with Gasteiger partial charge < -0.3 is 13.6 Å². The number of hydrogen-bond donors (Lipinski definition) is 0. The monoisotopic (exact) mass is 340 g/mol. The highest BCUT2D eigenvalue weighted by atomic mass is 35.5. The van der Waals surface area contributed by atoms with Gasteiger partial charge in [-0.25, -0.2) is 4.79 Å². The molecule has 0 spiro atoms. The summed E-state index contributed by atoms with van der Waals surface area (Å²) in [6.07, 6.45) is 1.47. The maximum Gasteiger partial charge on any atom is 0.437 e. The van der Waals surface area contributed by atoms with Crippen molar-refractivity contribution in [2.45, 2.75) is 6.54 Å². The lowest BCUT2D eigenvalue weighted by atomic mass is 10.3. The third-order valence-electron chi connectivity index (χ3n) is 2.79. The van der Waals surface area contributed by atoms with E-state index in [2.05, 4.69) is 5.10 Å². The van der Waals surface area contributed by atoms with E-state index in [0.29, 0.717) is 21.6 Å². The average Bonchev–Trinajstić information content (AvgIpc) is 3.11. The van der Waals surface area contributed by atoms with Crippen LogP contribution in [0.25, 0.3) is 11.7 Å². The SMILES string of the molecule is O=c1oc(-c2ccco2)nn1CCOc1ccc(Cl)cc1Cl. The summed E-state index contributed by atoms with van der Waals surface area (Å²) < 4.78 is 16.8. The maximum atomic E-state index is 11.7. The predicted octanol–water partition coefficient (Wildman–Crippen LogP) is 3.48. The summed E-state index contributed by atoms with van der Waals surface area (Å²) in [6.45, 7) is 0.410. The smallest absolute Gasteiger partial charge is 0.437 e. The van der Waals surface area contributed by atoms with Crippen molar-refractivity contribution in [2.24, 2.45) is 0 Å². The van der Waals surface area contributed by atoms with Gasteiger partial charge in [0, 0.05) is 5.02 Å². The molecule has 0 N–H and O–H groups in total. The molecule has 22 heavy (non-hydrogen) atoms. The summed E-state index contributed by atoms with van der Waals surface area (Å²) in [5, 5.41) is 4.95. The number of halogens is 2. The first kappa shape index (κ1) is 14.7. The van der Waals surface area contributed by atoms with E-state index < -0.39 is 5.76 Å². The van der Waals surface area contributed by atoms with E-state index in [0.717, 1.165) is 4.68 Å². The number of rotatable bonds is 5. The predicted molar refractivity (Wildman–Crippen MR) is 80.4 cm³/mol. The van der Waals surface area contributed by atoms with Crippen LogP contribution in [-0.2, 0) is 6.54 Å². The summed E-state index contributed by atoms with van der Waals surface area (Å²) in [7, 11) is 0. The summed E-state index contributed by atoms with van der Waals surface area (Å²) in [6, 6.07) is 8.24. The van der Waals surface area contributed by atoms with Gasteiger partial charge in [0.1, 0.15) is 12.4 Å². The summed E-state index contributed by atoms with van der Waals surface area (Å²) >= 11 is 11.8. The van der Waals surface area contributed by atoms with Gasteiger partial charge in [0.2, 0.25) is 0 Å². The number of furan rings is 1. The number of ether oxygens (including phenoxy) is 1. The van der Waals surface area contributed by atoms with Gasteiger partial charge in [-0.15, -0.1) is 5.10 Å². The Kier molecular flexibility index (Phi) is 4.22. The standard InChI is InChI=1S/C14H10Cl2N2O4/c15-9-3-4-11(10(16)8-9)21-7-5-18-14(19)22-13(17-18)12-2-1-6-20-12/h1-4,6,8H,5,7H2. The molecule has 0 aliphatic rings. The Morgan fingerprint density at radius 2 is 2.14 bits per heavy atom. The minimum atomic E-state index is -0.586. The van der Waals surface area contributed by atoms with E-state index >= 15 is 0 Å². The van der Waals surface area contributed by atoms with Gasteiger partial charge in [0.15, 0.2) is 5.76 Å². The second-order valence-electron chi connectivity index (χ2n) is 4.30. The first-order valence-corrected chi connectivity index (χ1v) is 7.09. The molecule has 0 fully saturated rings. The zero-order valence-electron chi connectivity index (χ0n) is 11.2. The Morgan fingerprint density at radius 1 is 1.27 bits per heavy atom. The summed E-state index contributed by atoms with van der Waals surface area (Å²) in [5.74, 6) is 0.406. The molecule has 0 radical (unpaired) electrons.